The highest BCUT2D eigenvalue weighted by atomic mass is 35.5. The van der Waals surface area contributed by atoms with Gasteiger partial charge in [0.05, 0.1) is 18.5 Å². The Labute approximate surface area is 155 Å². The number of aryl methyl sites for hydroxylation is 1. The minimum absolute atomic E-state index is 0.151. The molecule has 0 saturated heterocycles. The number of nitrogens with zero attached hydrogens (tertiary/aromatic N) is 1. The fourth-order valence-corrected chi connectivity index (χ4v) is 4.21. The van der Waals surface area contributed by atoms with Gasteiger partial charge < -0.3 is 10.6 Å². The molecule has 1 aliphatic rings. The van der Waals surface area contributed by atoms with E-state index in [1.54, 1.807) is 18.2 Å². The summed E-state index contributed by atoms with van der Waals surface area (Å²) in [6, 6.07) is 5.09. The molecule has 0 unspecified atom stereocenters. The minimum atomic E-state index is -3.48. The Hall–Kier alpha value is -1.47. The third kappa shape index (κ3) is 6.08. The number of carbonyl (C=O) groups excluding carboxylic acids is 1. The summed E-state index contributed by atoms with van der Waals surface area (Å²) in [4.78, 5) is 12.0. The number of amides is 2. The SMILES string of the molecule is Cc1ccc(Cl)cc1N(CCNC(=O)NC1CCCCC1)S(C)(=O)=O. The van der Waals surface area contributed by atoms with Crippen LogP contribution in [-0.4, -0.2) is 39.8 Å². The highest BCUT2D eigenvalue weighted by Gasteiger charge is 2.20. The van der Waals surface area contributed by atoms with Crippen LogP contribution in [0.2, 0.25) is 5.02 Å². The zero-order chi connectivity index (χ0) is 18.4. The number of rotatable bonds is 6. The molecule has 0 atom stereocenters. The van der Waals surface area contributed by atoms with Gasteiger partial charge in [-0.3, -0.25) is 4.31 Å². The second-order valence-corrected chi connectivity index (χ2v) is 8.84. The number of hydrogen-bond donors (Lipinski definition) is 2. The van der Waals surface area contributed by atoms with Gasteiger partial charge >= 0.3 is 6.03 Å². The van der Waals surface area contributed by atoms with Crippen LogP contribution in [0.15, 0.2) is 18.2 Å². The Bertz CT molecular complexity index is 703. The summed E-state index contributed by atoms with van der Waals surface area (Å²) in [5.74, 6) is 0. The Morgan fingerprint density at radius 3 is 2.60 bits per heavy atom. The number of hydrogen-bond acceptors (Lipinski definition) is 3. The Morgan fingerprint density at radius 2 is 1.96 bits per heavy atom. The minimum Gasteiger partial charge on any atom is -0.336 e. The molecular weight excluding hydrogens is 362 g/mol. The van der Waals surface area contributed by atoms with Crippen molar-refractivity contribution in [3.05, 3.63) is 28.8 Å². The second-order valence-electron chi connectivity index (χ2n) is 6.50. The first-order valence-electron chi connectivity index (χ1n) is 8.55. The second kappa shape index (κ2) is 8.76. The van der Waals surface area contributed by atoms with Crippen LogP contribution < -0.4 is 14.9 Å². The molecule has 8 heteroatoms. The van der Waals surface area contributed by atoms with Crippen molar-refractivity contribution in [2.45, 2.75) is 45.1 Å². The lowest BCUT2D eigenvalue weighted by Crippen LogP contribution is -2.46. The molecule has 1 fully saturated rings. The number of sulfonamides is 1. The third-order valence-electron chi connectivity index (χ3n) is 4.38. The van der Waals surface area contributed by atoms with E-state index in [2.05, 4.69) is 10.6 Å². The summed E-state index contributed by atoms with van der Waals surface area (Å²) in [5, 5.41) is 6.17. The maximum absolute atomic E-state index is 12.1. The van der Waals surface area contributed by atoms with Crippen LogP contribution in [0.5, 0.6) is 0 Å². The molecule has 1 aromatic carbocycles. The first-order chi connectivity index (χ1) is 11.8. The smallest absolute Gasteiger partial charge is 0.315 e. The van der Waals surface area contributed by atoms with Gasteiger partial charge in [0.15, 0.2) is 0 Å². The van der Waals surface area contributed by atoms with E-state index in [4.69, 9.17) is 11.6 Å². The summed E-state index contributed by atoms with van der Waals surface area (Å²) in [6.45, 7) is 2.20. The van der Waals surface area contributed by atoms with Gasteiger partial charge in [-0.15, -0.1) is 0 Å². The van der Waals surface area contributed by atoms with Gasteiger partial charge in [-0.05, 0) is 37.5 Å². The van der Waals surface area contributed by atoms with Crippen LogP contribution in [0.1, 0.15) is 37.7 Å². The summed E-state index contributed by atoms with van der Waals surface area (Å²) in [5.41, 5.74) is 1.34. The van der Waals surface area contributed by atoms with E-state index >= 15 is 0 Å². The van der Waals surface area contributed by atoms with E-state index in [9.17, 15) is 13.2 Å². The molecule has 25 heavy (non-hydrogen) atoms. The van der Waals surface area contributed by atoms with E-state index in [0.717, 1.165) is 37.5 Å². The zero-order valence-electron chi connectivity index (χ0n) is 14.7. The van der Waals surface area contributed by atoms with Gasteiger partial charge in [0, 0.05) is 17.6 Å². The van der Waals surface area contributed by atoms with Crippen LogP contribution in [-0.2, 0) is 10.0 Å². The van der Waals surface area contributed by atoms with Crippen molar-refractivity contribution >= 4 is 33.3 Å². The van der Waals surface area contributed by atoms with Gasteiger partial charge in [-0.25, -0.2) is 13.2 Å². The third-order valence-corrected chi connectivity index (χ3v) is 5.80. The number of nitrogens with one attached hydrogen (secondary N) is 2. The number of benzene rings is 1. The van der Waals surface area contributed by atoms with Crippen LogP contribution in [0.25, 0.3) is 0 Å². The van der Waals surface area contributed by atoms with Crippen molar-refractivity contribution in [2.75, 3.05) is 23.7 Å². The molecule has 0 aromatic heterocycles. The van der Waals surface area contributed by atoms with E-state index in [1.165, 1.54) is 10.7 Å². The van der Waals surface area contributed by atoms with Crippen LogP contribution >= 0.6 is 11.6 Å². The molecule has 1 aromatic rings. The highest BCUT2D eigenvalue weighted by molar-refractivity contribution is 7.92. The first kappa shape index (κ1) is 19.8. The molecule has 6 nitrogen and oxygen atoms in total. The van der Waals surface area contributed by atoms with Crippen LogP contribution in [0, 0.1) is 6.92 Å². The summed E-state index contributed by atoms with van der Waals surface area (Å²) >= 11 is 6.00. The normalized spacial score (nSPS) is 15.6. The van der Waals surface area contributed by atoms with Crippen molar-refractivity contribution in [3.63, 3.8) is 0 Å². The monoisotopic (exact) mass is 387 g/mol. The van der Waals surface area contributed by atoms with E-state index in [0.29, 0.717) is 10.7 Å². The topological polar surface area (TPSA) is 78.5 Å². The predicted molar refractivity (Wildman–Crippen MR) is 102 cm³/mol. The molecule has 0 heterocycles. The molecule has 1 saturated carbocycles. The number of urea groups is 1. The summed E-state index contributed by atoms with van der Waals surface area (Å²) in [7, 11) is -3.48. The lowest BCUT2D eigenvalue weighted by Gasteiger charge is -2.25. The Kier molecular flexibility index (Phi) is 6.95. The summed E-state index contributed by atoms with van der Waals surface area (Å²) < 4.78 is 25.6. The quantitative estimate of drug-likeness (QED) is 0.787. The largest absolute Gasteiger partial charge is 0.336 e. The van der Waals surface area contributed by atoms with E-state index < -0.39 is 10.0 Å². The molecule has 0 bridgehead atoms. The number of halogens is 1. The lowest BCUT2D eigenvalue weighted by molar-refractivity contribution is 0.233. The van der Waals surface area contributed by atoms with E-state index in [1.807, 2.05) is 6.92 Å². The van der Waals surface area contributed by atoms with Gasteiger partial charge in [0.1, 0.15) is 0 Å². The van der Waals surface area contributed by atoms with Crippen molar-refractivity contribution in [3.8, 4) is 0 Å². The average molecular weight is 388 g/mol. The lowest BCUT2D eigenvalue weighted by atomic mass is 9.96. The molecule has 2 amide bonds. The zero-order valence-corrected chi connectivity index (χ0v) is 16.3. The van der Waals surface area contributed by atoms with Crippen molar-refractivity contribution in [1.82, 2.24) is 10.6 Å². The molecular formula is C17H26ClN3O3S. The maximum atomic E-state index is 12.1. The molecule has 140 valence electrons. The molecule has 2 rings (SSSR count). The fourth-order valence-electron chi connectivity index (χ4n) is 3.07. The van der Waals surface area contributed by atoms with Crippen molar-refractivity contribution in [1.29, 1.82) is 0 Å². The fraction of sp³-hybridized carbons (Fsp3) is 0.588. The van der Waals surface area contributed by atoms with E-state index in [-0.39, 0.29) is 25.2 Å². The predicted octanol–water partition coefficient (Wildman–Crippen LogP) is 3.05. The summed E-state index contributed by atoms with van der Waals surface area (Å²) in [6.07, 6.45) is 6.66. The Balaban J connectivity index is 1.94. The molecule has 0 aliphatic heterocycles. The van der Waals surface area contributed by atoms with Gasteiger partial charge in [-0.2, -0.15) is 0 Å². The van der Waals surface area contributed by atoms with Gasteiger partial charge in [0.2, 0.25) is 10.0 Å². The Morgan fingerprint density at radius 1 is 1.28 bits per heavy atom. The highest BCUT2D eigenvalue weighted by Crippen LogP contribution is 2.26. The van der Waals surface area contributed by atoms with Crippen LogP contribution in [0.3, 0.4) is 0 Å². The molecule has 0 spiro atoms. The van der Waals surface area contributed by atoms with Crippen LogP contribution in [0.4, 0.5) is 10.5 Å². The van der Waals surface area contributed by atoms with Crippen molar-refractivity contribution in [2.24, 2.45) is 0 Å². The molecule has 1 aliphatic carbocycles. The number of anilines is 1. The maximum Gasteiger partial charge on any atom is 0.315 e. The standard InChI is InChI=1S/C17H26ClN3O3S/c1-13-8-9-14(18)12-16(13)21(25(2,23)24)11-10-19-17(22)20-15-6-4-3-5-7-15/h8-9,12,15H,3-7,10-11H2,1-2H3,(H2,19,20,22). The molecule has 0 radical (unpaired) electrons. The van der Waals surface area contributed by atoms with Crippen molar-refractivity contribution < 1.29 is 13.2 Å². The average Bonchev–Trinajstić information content (AvgIpc) is 2.54. The van der Waals surface area contributed by atoms with Gasteiger partial charge in [0.25, 0.3) is 0 Å². The van der Waals surface area contributed by atoms with Gasteiger partial charge in [-0.1, -0.05) is 36.9 Å². The number of carbonyl (C=O) groups is 1. The molecule has 2 N–H and O–H groups in total. The first-order valence-corrected chi connectivity index (χ1v) is 10.8.